The van der Waals surface area contributed by atoms with Crippen molar-refractivity contribution >= 4 is 35.4 Å². The van der Waals surface area contributed by atoms with Gasteiger partial charge in [-0.25, -0.2) is 9.59 Å². The van der Waals surface area contributed by atoms with Crippen LogP contribution in [0, 0.1) is 29.6 Å². The maximum Gasteiger partial charge on any atom is 0.409 e. The van der Waals surface area contributed by atoms with Crippen LogP contribution in [0.4, 0.5) is 4.79 Å². The smallest absolute Gasteiger partial charge is 0.409 e. The fourth-order valence-corrected chi connectivity index (χ4v) is 12.5. The number of ether oxygens (including phenoxy) is 12. The van der Waals surface area contributed by atoms with Crippen molar-refractivity contribution < 1.29 is 95.8 Å². The summed E-state index contributed by atoms with van der Waals surface area (Å²) in [5.41, 5.74) is 8.53. The van der Waals surface area contributed by atoms with Gasteiger partial charge in [-0.1, -0.05) is 64.2 Å². The highest BCUT2D eigenvalue weighted by Crippen LogP contribution is 2.38. The Labute approximate surface area is 553 Å². The molecule has 24 heteroatoms. The lowest BCUT2D eigenvalue weighted by Crippen LogP contribution is -2.61. The van der Waals surface area contributed by atoms with E-state index >= 15 is 0 Å². The van der Waals surface area contributed by atoms with Crippen molar-refractivity contribution in [1.29, 1.82) is 0 Å². The topological polar surface area (TPSA) is 289 Å². The van der Waals surface area contributed by atoms with Crippen molar-refractivity contribution in [3.05, 3.63) is 47.6 Å². The number of hydrogen-bond acceptors (Lipinski definition) is 21. The number of fused-ring (bicyclic) bond motifs is 3. The summed E-state index contributed by atoms with van der Waals surface area (Å²) in [5, 5.41) is 23.9. The largest absolute Gasteiger partial charge is 0.459 e. The first-order chi connectivity index (χ1) is 44.4. The summed E-state index contributed by atoms with van der Waals surface area (Å²) in [4.78, 5) is 87.6. The van der Waals surface area contributed by atoms with Crippen molar-refractivity contribution in [3.63, 3.8) is 0 Å². The Hall–Kier alpha value is -4.54. The Bertz CT molecular complexity index is 2390. The number of hydrogen-bond donors (Lipinski definition) is 3. The quantitative estimate of drug-likeness (QED) is 0.0350. The SMILES string of the molecule is CCOCCN(C)C(=O)CCOCCOCCOCCOCCN(C)C(=O)O[C@@H]1CC[C@@H](C[C@@H](N)[C@@H]2C[C@@H](OC)C(C)/C=C(\C)[C@@H](O)[C@@H](OC)C(=O)[C@H](C)C[C@H](C)/C=C/C=C/C=C(\C)[C@@H](OC)C[C@@H]3CC[C@@H](C)[C@@](O)(O3)C(=O)C(=O)N3CCCC[C@H]3C(=O)O2)C[C@H]1OC. The third-order valence-electron chi connectivity index (χ3n) is 18.6. The predicted molar refractivity (Wildman–Crippen MR) is 349 cm³/mol. The van der Waals surface area contributed by atoms with Crippen LogP contribution in [0.5, 0.6) is 0 Å². The van der Waals surface area contributed by atoms with Crippen LogP contribution in [0.15, 0.2) is 47.6 Å². The molecule has 1 unspecified atom stereocenters. The minimum Gasteiger partial charge on any atom is -0.459 e. The lowest BCUT2D eigenvalue weighted by atomic mass is 9.80. The maximum absolute atomic E-state index is 14.8. The molecule has 1 aliphatic carbocycles. The molecule has 3 amide bonds. The number of likely N-dealkylation sites (N-methyl/N-ethyl adjacent to an activating group) is 2. The highest BCUT2D eigenvalue weighted by Gasteiger charge is 2.53. The van der Waals surface area contributed by atoms with Crippen LogP contribution >= 0.6 is 0 Å². The summed E-state index contributed by atoms with van der Waals surface area (Å²) in [5.74, 6) is -7.35. The van der Waals surface area contributed by atoms with Crippen LogP contribution in [-0.4, -0.2) is 255 Å². The zero-order valence-electron chi connectivity index (χ0n) is 58.2. The van der Waals surface area contributed by atoms with Crippen LogP contribution in [0.2, 0.25) is 0 Å². The van der Waals surface area contributed by atoms with E-state index in [4.69, 9.17) is 62.6 Å². The zero-order valence-corrected chi connectivity index (χ0v) is 58.2. The van der Waals surface area contributed by atoms with Gasteiger partial charge in [-0.05, 0) is 108 Å². The van der Waals surface area contributed by atoms with E-state index in [-0.39, 0.29) is 56.1 Å². The van der Waals surface area contributed by atoms with Crippen molar-refractivity contribution in [2.45, 2.75) is 199 Å². The molecular formula is C69H116N4O20. The van der Waals surface area contributed by atoms with Crippen molar-refractivity contribution in [2.75, 3.05) is 128 Å². The molecular weight excluding hydrogens is 1200 g/mol. The first kappa shape index (κ1) is 80.9. The number of allylic oxidation sites excluding steroid dienone is 5. The van der Waals surface area contributed by atoms with Gasteiger partial charge in [-0.2, -0.15) is 0 Å². The molecule has 0 radical (unpaired) electrons. The minimum atomic E-state index is -2.47. The summed E-state index contributed by atoms with van der Waals surface area (Å²) in [7, 11) is 9.45. The number of carbonyl (C=O) groups excluding carboxylic acids is 6. The summed E-state index contributed by atoms with van der Waals surface area (Å²) < 4.78 is 70.0. The van der Waals surface area contributed by atoms with Crippen molar-refractivity contribution in [2.24, 2.45) is 35.3 Å². The number of aliphatic hydroxyl groups is 2. The number of Topliss-reactive ketones (excluding diaryl/α,β-unsaturated/α-hetero) is 2. The van der Waals surface area contributed by atoms with Gasteiger partial charge in [-0.15, -0.1) is 0 Å². The molecule has 0 spiro atoms. The molecule has 3 heterocycles. The zero-order chi connectivity index (χ0) is 68.6. The highest BCUT2D eigenvalue weighted by molar-refractivity contribution is 6.39. The second kappa shape index (κ2) is 42.9. The summed E-state index contributed by atoms with van der Waals surface area (Å²) in [6, 6.07) is -1.98. The standard InChI is InChI=1S/C69H116N4O20/c1-14-86-32-29-71(8)61(74)27-31-87-34-36-89-38-39-90-37-35-88-33-30-72(9)68(80)92-56-26-24-52(43-60(56)84-12)42-54(70)59-45-58(83-11)48(4)41-50(6)63(76)64(85-13)62(75)49(5)40-46(2)20-16-15-17-21-47(3)57(82-10)44-53-25-23-51(7)69(81,93-53)65(77)66(78)73-28-19-18-22-55(73)67(79)91-59/h15-17,20-21,41,46,48-49,51-60,63-64,76,81H,14,18-19,22-40,42-45,70H2,1-13H3/b17-15+,20-16+,47-21+,50-41+/t46-,48?,49-,51-,52+,53+,54-,55+,56-,57+,58-,59+,60-,63-,64+,69-/m1/s1. The summed E-state index contributed by atoms with van der Waals surface area (Å²) in [6.07, 6.45) is 9.87. The van der Waals surface area contributed by atoms with Gasteiger partial charge in [0.1, 0.15) is 30.5 Å². The van der Waals surface area contributed by atoms with E-state index in [9.17, 15) is 39.0 Å². The van der Waals surface area contributed by atoms with Crippen molar-refractivity contribution in [3.8, 4) is 0 Å². The fraction of sp³-hybridized carbons (Fsp3) is 0.797. The number of piperidine rings is 1. The molecule has 4 aliphatic rings. The highest BCUT2D eigenvalue weighted by atomic mass is 16.6. The van der Waals surface area contributed by atoms with Gasteiger partial charge in [-0.3, -0.25) is 19.2 Å². The maximum atomic E-state index is 14.8. The predicted octanol–water partition coefficient (Wildman–Crippen LogP) is 6.35. The van der Waals surface area contributed by atoms with Gasteiger partial charge in [0.05, 0.1) is 90.3 Å². The van der Waals surface area contributed by atoms with E-state index in [1.807, 2.05) is 71.1 Å². The molecule has 0 aromatic heterocycles. The van der Waals surface area contributed by atoms with Gasteiger partial charge < -0.3 is 87.5 Å². The van der Waals surface area contributed by atoms with Gasteiger partial charge in [0.2, 0.25) is 11.7 Å². The second-order valence-corrected chi connectivity index (χ2v) is 25.7. The van der Waals surface area contributed by atoms with Crippen LogP contribution in [0.25, 0.3) is 0 Å². The Kier molecular flexibility index (Phi) is 37.3. The Morgan fingerprint density at radius 1 is 0.720 bits per heavy atom. The Morgan fingerprint density at radius 2 is 1.37 bits per heavy atom. The van der Waals surface area contributed by atoms with Gasteiger partial charge in [0.25, 0.3) is 11.7 Å². The number of nitrogens with zero attached hydrogens (tertiary/aromatic N) is 3. The van der Waals surface area contributed by atoms with Crippen LogP contribution in [-0.2, 0) is 80.8 Å². The van der Waals surface area contributed by atoms with E-state index in [2.05, 4.69) is 0 Å². The third-order valence-corrected chi connectivity index (χ3v) is 18.6. The first-order valence-corrected chi connectivity index (χ1v) is 33.7. The molecule has 4 rings (SSSR count). The van der Waals surface area contributed by atoms with Crippen molar-refractivity contribution in [1.82, 2.24) is 14.7 Å². The molecule has 4 N–H and O–H groups in total. The van der Waals surface area contributed by atoms with E-state index in [1.54, 1.807) is 47.1 Å². The first-order valence-electron chi connectivity index (χ1n) is 33.7. The number of amides is 3. The molecule has 24 nitrogen and oxygen atoms in total. The number of esters is 1. The number of rotatable bonds is 27. The molecule has 0 aromatic rings. The number of methoxy groups -OCH3 is 4. The van der Waals surface area contributed by atoms with E-state index in [1.165, 1.54) is 24.0 Å². The molecule has 2 bridgehead atoms. The third kappa shape index (κ3) is 26.4. The van der Waals surface area contributed by atoms with Crippen LogP contribution in [0.1, 0.15) is 132 Å². The van der Waals surface area contributed by atoms with Gasteiger partial charge in [0, 0.05) is 105 Å². The Balaban J connectivity index is 1.43. The molecule has 16 atom stereocenters. The number of carbonyl (C=O) groups is 6. The lowest BCUT2D eigenvalue weighted by molar-refractivity contribution is -0.265. The second-order valence-electron chi connectivity index (χ2n) is 25.7. The van der Waals surface area contributed by atoms with Crippen LogP contribution < -0.4 is 5.73 Å². The monoisotopic (exact) mass is 1320 g/mol. The average molecular weight is 1320 g/mol. The average Bonchev–Trinajstić information content (AvgIpc) is 0.833. The molecule has 3 fully saturated rings. The number of nitrogens with two attached hydrogens (primary N) is 1. The summed E-state index contributed by atoms with van der Waals surface area (Å²) >= 11 is 0. The molecule has 0 aromatic carbocycles. The van der Waals surface area contributed by atoms with E-state index in [0.29, 0.717) is 142 Å². The molecule has 93 heavy (non-hydrogen) atoms. The van der Waals surface area contributed by atoms with E-state index < -0.39 is 108 Å². The minimum absolute atomic E-state index is 0.00207. The van der Waals surface area contributed by atoms with Gasteiger partial charge in [0.15, 0.2) is 5.78 Å². The number of cyclic esters (lactones) is 1. The summed E-state index contributed by atoms with van der Waals surface area (Å²) in [6.45, 7) is 17.6. The molecule has 3 aliphatic heterocycles. The number of aliphatic hydroxyl groups excluding tert-OH is 1. The lowest BCUT2D eigenvalue weighted by Gasteiger charge is -2.43. The van der Waals surface area contributed by atoms with E-state index in [0.717, 1.165) is 5.57 Å². The van der Waals surface area contributed by atoms with Crippen LogP contribution in [0.3, 0.4) is 0 Å². The number of ketones is 2. The normalized spacial score (nSPS) is 32.5. The molecule has 532 valence electrons. The Morgan fingerprint density at radius 3 is 2.01 bits per heavy atom. The molecule has 2 saturated heterocycles. The fourth-order valence-electron chi connectivity index (χ4n) is 12.5. The van der Waals surface area contributed by atoms with Gasteiger partial charge >= 0.3 is 12.1 Å². The molecule has 1 saturated carbocycles.